The van der Waals surface area contributed by atoms with Gasteiger partial charge < -0.3 is 19.5 Å². The minimum absolute atomic E-state index is 0.0441. The normalized spacial score (nSPS) is 17.1. The number of aryl methyl sites for hydroxylation is 1. The fourth-order valence-corrected chi connectivity index (χ4v) is 4.17. The highest BCUT2D eigenvalue weighted by molar-refractivity contribution is 6.46. The summed E-state index contributed by atoms with van der Waals surface area (Å²) >= 11 is 0. The zero-order valence-electron chi connectivity index (χ0n) is 19.3. The number of hydrogen-bond donors (Lipinski definition) is 1. The Kier molecular flexibility index (Phi) is 6.63. The van der Waals surface area contributed by atoms with Gasteiger partial charge in [-0.25, -0.2) is 0 Å². The van der Waals surface area contributed by atoms with Gasteiger partial charge in [0.25, 0.3) is 11.7 Å². The smallest absolute Gasteiger partial charge is 0.295 e. The maximum absolute atomic E-state index is 13.2. The molecule has 1 saturated heterocycles. The molecule has 1 aliphatic heterocycles. The minimum Gasteiger partial charge on any atom is -0.507 e. The molecule has 1 atom stereocenters. The van der Waals surface area contributed by atoms with Gasteiger partial charge in [-0.05, 0) is 66.9 Å². The molecule has 7 heteroatoms. The van der Waals surface area contributed by atoms with Crippen LogP contribution in [0, 0.1) is 6.92 Å². The summed E-state index contributed by atoms with van der Waals surface area (Å²) in [5, 5.41) is 11.3. The van der Waals surface area contributed by atoms with E-state index in [9.17, 15) is 14.7 Å². The van der Waals surface area contributed by atoms with Crippen LogP contribution in [0.3, 0.4) is 0 Å². The summed E-state index contributed by atoms with van der Waals surface area (Å²) in [4.78, 5) is 31.9. The van der Waals surface area contributed by atoms with E-state index in [1.54, 1.807) is 55.9 Å². The van der Waals surface area contributed by atoms with E-state index in [0.717, 1.165) is 11.1 Å². The van der Waals surface area contributed by atoms with Crippen molar-refractivity contribution < 1.29 is 24.2 Å². The Labute approximate surface area is 198 Å². The molecule has 3 aromatic rings. The standard InChI is InChI=1S/C27H26N2O5/c1-4-34-21-10-7-19(8-11-21)24-23(25(30)20-9-12-22(33-3)17(2)14-20)26(31)27(32)29(24)16-18-6-5-13-28-15-18/h5-15,24,30H,4,16H2,1-3H3/b25-23+/t24-/m0/s1. The van der Waals surface area contributed by atoms with Gasteiger partial charge in [0.15, 0.2) is 0 Å². The number of aliphatic hydroxyl groups excluding tert-OH is 1. The predicted octanol–water partition coefficient (Wildman–Crippen LogP) is 4.42. The second-order valence-electron chi connectivity index (χ2n) is 7.97. The number of carbonyl (C=O) groups is 2. The first-order chi connectivity index (χ1) is 16.4. The van der Waals surface area contributed by atoms with Gasteiger partial charge in [-0.3, -0.25) is 14.6 Å². The monoisotopic (exact) mass is 458 g/mol. The molecule has 0 unspecified atom stereocenters. The van der Waals surface area contributed by atoms with Gasteiger partial charge in [-0.1, -0.05) is 18.2 Å². The molecule has 0 bridgehead atoms. The predicted molar refractivity (Wildman–Crippen MR) is 127 cm³/mol. The van der Waals surface area contributed by atoms with E-state index in [1.165, 1.54) is 4.90 Å². The average molecular weight is 459 g/mol. The highest BCUT2D eigenvalue weighted by Gasteiger charge is 2.46. The molecule has 4 rings (SSSR count). The second kappa shape index (κ2) is 9.79. The summed E-state index contributed by atoms with van der Waals surface area (Å²) in [5.41, 5.74) is 2.75. The first-order valence-electron chi connectivity index (χ1n) is 11.0. The molecule has 0 spiro atoms. The molecule has 2 aromatic carbocycles. The Bertz CT molecular complexity index is 1240. The van der Waals surface area contributed by atoms with Gasteiger partial charge in [0.05, 0.1) is 25.3 Å². The van der Waals surface area contributed by atoms with Crippen molar-refractivity contribution in [3.63, 3.8) is 0 Å². The lowest BCUT2D eigenvalue weighted by Crippen LogP contribution is -2.29. The number of ether oxygens (including phenoxy) is 2. The number of benzene rings is 2. The second-order valence-corrected chi connectivity index (χ2v) is 7.97. The van der Waals surface area contributed by atoms with Crippen LogP contribution in [-0.4, -0.2) is 40.4 Å². The van der Waals surface area contributed by atoms with Crippen molar-refractivity contribution in [3.05, 3.63) is 94.8 Å². The minimum atomic E-state index is -0.765. The zero-order valence-corrected chi connectivity index (χ0v) is 19.3. The number of nitrogens with zero attached hydrogens (tertiary/aromatic N) is 2. The highest BCUT2D eigenvalue weighted by atomic mass is 16.5. The number of amides is 1. The van der Waals surface area contributed by atoms with Gasteiger partial charge in [0, 0.05) is 24.5 Å². The summed E-state index contributed by atoms with van der Waals surface area (Å²) in [6.45, 7) is 4.44. The van der Waals surface area contributed by atoms with Crippen molar-refractivity contribution in [1.82, 2.24) is 9.88 Å². The third kappa shape index (κ3) is 4.37. The quantitative estimate of drug-likeness (QED) is 0.320. The number of pyridine rings is 1. The lowest BCUT2D eigenvalue weighted by atomic mass is 9.94. The Hall–Kier alpha value is -4.13. The molecule has 0 radical (unpaired) electrons. The van der Waals surface area contributed by atoms with E-state index < -0.39 is 17.7 Å². The molecule has 1 fully saturated rings. The Morgan fingerprint density at radius 2 is 1.88 bits per heavy atom. The van der Waals surface area contributed by atoms with Gasteiger partial charge in [-0.2, -0.15) is 0 Å². The molecule has 1 aliphatic rings. The number of rotatable bonds is 7. The van der Waals surface area contributed by atoms with Crippen LogP contribution in [-0.2, 0) is 16.1 Å². The SMILES string of the molecule is CCOc1ccc([C@H]2/C(=C(\O)c3ccc(OC)c(C)c3)C(=O)C(=O)N2Cc2cccnc2)cc1. The van der Waals surface area contributed by atoms with Crippen LogP contribution in [0.5, 0.6) is 11.5 Å². The van der Waals surface area contributed by atoms with Crippen molar-refractivity contribution in [1.29, 1.82) is 0 Å². The third-order valence-corrected chi connectivity index (χ3v) is 5.79. The molecular formula is C27H26N2O5. The number of methoxy groups -OCH3 is 1. The molecule has 34 heavy (non-hydrogen) atoms. The topological polar surface area (TPSA) is 89.0 Å². The molecule has 0 aliphatic carbocycles. The van der Waals surface area contributed by atoms with Crippen molar-refractivity contribution in [2.45, 2.75) is 26.4 Å². The fraction of sp³-hybridized carbons (Fsp3) is 0.222. The van der Waals surface area contributed by atoms with Crippen molar-refractivity contribution in [2.75, 3.05) is 13.7 Å². The van der Waals surface area contributed by atoms with E-state index in [0.29, 0.717) is 29.2 Å². The van der Waals surface area contributed by atoms with E-state index >= 15 is 0 Å². The van der Waals surface area contributed by atoms with Crippen LogP contribution in [0.2, 0.25) is 0 Å². The van der Waals surface area contributed by atoms with Crippen LogP contribution in [0.1, 0.15) is 35.2 Å². The fourth-order valence-electron chi connectivity index (χ4n) is 4.17. The molecule has 1 N–H and O–H groups in total. The zero-order chi connectivity index (χ0) is 24.2. The Morgan fingerprint density at radius 1 is 1.12 bits per heavy atom. The lowest BCUT2D eigenvalue weighted by Gasteiger charge is -2.25. The summed E-state index contributed by atoms with van der Waals surface area (Å²) < 4.78 is 10.8. The molecule has 1 aromatic heterocycles. The number of aliphatic hydroxyl groups is 1. The number of aromatic nitrogens is 1. The van der Waals surface area contributed by atoms with Gasteiger partial charge in [-0.15, -0.1) is 0 Å². The first-order valence-corrected chi connectivity index (χ1v) is 11.0. The van der Waals surface area contributed by atoms with Crippen molar-refractivity contribution in [3.8, 4) is 11.5 Å². The van der Waals surface area contributed by atoms with Gasteiger partial charge >= 0.3 is 0 Å². The van der Waals surface area contributed by atoms with Crippen LogP contribution in [0.15, 0.2) is 72.6 Å². The number of ketones is 1. The summed E-state index contributed by atoms with van der Waals surface area (Å²) in [7, 11) is 1.57. The Morgan fingerprint density at radius 3 is 2.50 bits per heavy atom. The maximum Gasteiger partial charge on any atom is 0.295 e. The number of carbonyl (C=O) groups excluding carboxylic acids is 2. The van der Waals surface area contributed by atoms with Crippen LogP contribution >= 0.6 is 0 Å². The third-order valence-electron chi connectivity index (χ3n) is 5.79. The van der Waals surface area contributed by atoms with E-state index in [-0.39, 0.29) is 17.9 Å². The van der Waals surface area contributed by atoms with Crippen LogP contribution in [0.25, 0.3) is 5.76 Å². The van der Waals surface area contributed by atoms with Gasteiger partial charge in [0.2, 0.25) is 0 Å². The van der Waals surface area contributed by atoms with Gasteiger partial charge in [0.1, 0.15) is 17.3 Å². The lowest BCUT2D eigenvalue weighted by molar-refractivity contribution is -0.140. The number of Topliss-reactive ketones (excluding diaryl/α,β-unsaturated/α-hetero) is 1. The molecule has 0 saturated carbocycles. The first kappa shape index (κ1) is 23.0. The average Bonchev–Trinajstić information content (AvgIpc) is 3.10. The molecule has 7 nitrogen and oxygen atoms in total. The van der Waals surface area contributed by atoms with E-state index in [1.807, 2.05) is 32.0 Å². The molecule has 2 heterocycles. The van der Waals surface area contributed by atoms with E-state index in [2.05, 4.69) is 4.98 Å². The van der Waals surface area contributed by atoms with Crippen LogP contribution < -0.4 is 9.47 Å². The van der Waals surface area contributed by atoms with Crippen LogP contribution in [0.4, 0.5) is 0 Å². The summed E-state index contributed by atoms with van der Waals surface area (Å²) in [6, 6.07) is 15.2. The summed E-state index contributed by atoms with van der Waals surface area (Å²) in [5.74, 6) is -0.280. The summed E-state index contributed by atoms with van der Waals surface area (Å²) in [6.07, 6.45) is 3.30. The Balaban J connectivity index is 1.84. The van der Waals surface area contributed by atoms with E-state index in [4.69, 9.17) is 9.47 Å². The number of likely N-dealkylation sites (tertiary alicyclic amines) is 1. The van der Waals surface area contributed by atoms with Crippen molar-refractivity contribution >= 4 is 17.4 Å². The number of hydrogen-bond acceptors (Lipinski definition) is 6. The molecule has 1 amide bonds. The molecular weight excluding hydrogens is 432 g/mol. The maximum atomic E-state index is 13.2. The highest BCUT2D eigenvalue weighted by Crippen LogP contribution is 2.41. The molecule has 174 valence electrons. The van der Waals surface area contributed by atoms with Crippen molar-refractivity contribution in [2.24, 2.45) is 0 Å². The largest absolute Gasteiger partial charge is 0.507 e.